The Morgan fingerprint density at radius 3 is 2.67 bits per heavy atom. The normalized spacial score (nSPS) is 13.0. The molecule has 2 nitrogen and oxygen atoms in total. The van der Waals surface area contributed by atoms with Gasteiger partial charge in [0.05, 0.1) is 4.47 Å². The van der Waals surface area contributed by atoms with Crippen molar-refractivity contribution in [1.82, 2.24) is 10.2 Å². The lowest BCUT2D eigenvalue weighted by Gasteiger charge is -2.15. The third kappa shape index (κ3) is 5.46. The van der Waals surface area contributed by atoms with Gasteiger partial charge in [0.1, 0.15) is 5.82 Å². The summed E-state index contributed by atoms with van der Waals surface area (Å²) in [5.74, 6) is -0.211. The predicted octanol–water partition coefficient (Wildman–Crippen LogP) is 3.58. The maximum absolute atomic E-state index is 13.1. The van der Waals surface area contributed by atoms with Crippen LogP contribution in [0.15, 0.2) is 22.7 Å². The average Bonchev–Trinajstić information content (AvgIpc) is 2.31. The largest absolute Gasteiger partial charge is 0.310 e. The highest BCUT2D eigenvalue weighted by Gasteiger charge is 2.07. The van der Waals surface area contributed by atoms with Crippen LogP contribution in [0.4, 0.5) is 4.39 Å². The first-order valence-electron chi connectivity index (χ1n) is 6.33. The predicted molar refractivity (Wildman–Crippen MR) is 78.3 cm³/mol. The zero-order chi connectivity index (χ0) is 13.5. The van der Waals surface area contributed by atoms with Gasteiger partial charge in [0.2, 0.25) is 0 Å². The molecule has 1 atom stereocenters. The summed E-state index contributed by atoms with van der Waals surface area (Å²) in [5.41, 5.74) is 1.11. The zero-order valence-corrected chi connectivity index (χ0v) is 12.9. The topological polar surface area (TPSA) is 15.3 Å². The van der Waals surface area contributed by atoms with E-state index in [0.29, 0.717) is 4.47 Å². The van der Waals surface area contributed by atoms with E-state index in [1.54, 1.807) is 0 Å². The van der Waals surface area contributed by atoms with Gasteiger partial charge in [0.15, 0.2) is 0 Å². The molecule has 0 aromatic heterocycles. The van der Waals surface area contributed by atoms with Gasteiger partial charge >= 0.3 is 0 Å². The Bertz CT molecular complexity index is 369. The molecular weight excluding hydrogens is 295 g/mol. The Morgan fingerprint density at radius 1 is 1.33 bits per heavy atom. The summed E-state index contributed by atoms with van der Waals surface area (Å²) in [4.78, 5) is 2.19. The molecule has 4 heteroatoms. The van der Waals surface area contributed by atoms with Gasteiger partial charge in [-0.15, -0.1) is 0 Å². The molecule has 1 unspecified atom stereocenters. The molecule has 102 valence electrons. The van der Waals surface area contributed by atoms with Crippen molar-refractivity contribution in [1.29, 1.82) is 0 Å². The number of nitrogens with one attached hydrogen (secondary N) is 1. The van der Waals surface area contributed by atoms with Crippen LogP contribution in [-0.4, -0.2) is 32.1 Å². The van der Waals surface area contributed by atoms with Gasteiger partial charge in [0, 0.05) is 6.04 Å². The monoisotopic (exact) mass is 316 g/mol. The van der Waals surface area contributed by atoms with Gasteiger partial charge in [-0.05, 0) is 80.6 Å². The highest BCUT2D eigenvalue weighted by molar-refractivity contribution is 9.10. The summed E-state index contributed by atoms with van der Waals surface area (Å²) in [6, 6.07) is 5.43. The second-order valence-corrected chi connectivity index (χ2v) is 5.71. The van der Waals surface area contributed by atoms with Crippen molar-refractivity contribution in [2.75, 3.05) is 27.2 Å². The number of nitrogens with zero attached hydrogens (tertiary/aromatic N) is 1. The molecule has 1 N–H and O–H groups in total. The molecule has 1 aromatic carbocycles. The first kappa shape index (κ1) is 15.6. The minimum atomic E-state index is -0.211. The number of rotatable bonds is 7. The summed E-state index contributed by atoms with van der Waals surface area (Å²) >= 11 is 3.22. The second-order valence-electron chi connectivity index (χ2n) is 4.86. The van der Waals surface area contributed by atoms with E-state index in [4.69, 9.17) is 0 Å². The van der Waals surface area contributed by atoms with E-state index < -0.39 is 0 Å². The number of hydrogen-bond acceptors (Lipinski definition) is 2. The standard InChI is InChI=1S/C14H22BrFN2/c1-11(17-8-4-5-9-18(2)3)12-6-7-14(16)13(15)10-12/h6-7,10-11,17H,4-5,8-9H2,1-3H3. The Morgan fingerprint density at radius 2 is 2.06 bits per heavy atom. The maximum atomic E-state index is 13.1. The fraction of sp³-hybridized carbons (Fsp3) is 0.571. The molecule has 0 saturated carbocycles. The number of hydrogen-bond donors (Lipinski definition) is 1. The average molecular weight is 317 g/mol. The van der Waals surface area contributed by atoms with Crippen molar-refractivity contribution in [2.24, 2.45) is 0 Å². The van der Waals surface area contributed by atoms with Crippen LogP contribution in [0.5, 0.6) is 0 Å². The van der Waals surface area contributed by atoms with Crippen molar-refractivity contribution in [3.63, 3.8) is 0 Å². The molecule has 1 aromatic rings. The van der Waals surface area contributed by atoms with Gasteiger partial charge in [0.25, 0.3) is 0 Å². The Kier molecular flexibility index (Phi) is 6.82. The van der Waals surface area contributed by atoms with Gasteiger partial charge < -0.3 is 10.2 Å². The van der Waals surface area contributed by atoms with Crippen LogP contribution in [0.1, 0.15) is 31.4 Å². The Labute approximate surface area is 118 Å². The first-order chi connectivity index (χ1) is 8.50. The fourth-order valence-corrected chi connectivity index (χ4v) is 2.17. The Balaban J connectivity index is 2.31. The lowest BCUT2D eigenvalue weighted by Crippen LogP contribution is -2.21. The Hall–Kier alpha value is -0.450. The van der Waals surface area contributed by atoms with Crippen molar-refractivity contribution in [3.05, 3.63) is 34.1 Å². The summed E-state index contributed by atoms with van der Waals surface area (Å²) < 4.78 is 13.6. The molecule has 0 heterocycles. The third-order valence-electron chi connectivity index (χ3n) is 2.93. The van der Waals surface area contributed by atoms with Crippen LogP contribution in [0.3, 0.4) is 0 Å². The van der Waals surface area contributed by atoms with Crippen molar-refractivity contribution >= 4 is 15.9 Å². The lowest BCUT2D eigenvalue weighted by atomic mass is 10.1. The lowest BCUT2D eigenvalue weighted by molar-refractivity contribution is 0.389. The molecule has 18 heavy (non-hydrogen) atoms. The first-order valence-corrected chi connectivity index (χ1v) is 7.13. The van der Waals surface area contributed by atoms with Crippen molar-refractivity contribution in [2.45, 2.75) is 25.8 Å². The summed E-state index contributed by atoms with van der Waals surface area (Å²) in [6.07, 6.45) is 2.35. The highest BCUT2D eigenvalue weighted by atomic mass is 79.9. The minimum Gasteiger partial charge on any atom is -0.310 e. The smallest absolute Gasteiger partial charge is 0.137 e. The van der Waals surface area contributed by atoms with Gasteiger partial charge in [-0.1, -0.05) is 6.07 Å². The maximum Gasteiger partial charge on any atom is 0.137 e. The summed E-state index contributed by atoms with van der Waals surface area (Å²) in [5, 5.41) is 3.46. The van der Waals surface area contributed by atoms with Crippen molar-refractivity contribution < 1.29 is 4.39 Å². The van der Waals surface area contributed by atoms with Crippen LogP contribution in [-0.2, 0) is 0 Å². The molecule has 0 aliphatic heterocycles. The molecule has 0 saturated heterocycles. The second kappa shape index (κ2) is 7.87. The van der Waals surface area contributed by atoms with Crippen LogP contribution >= 0.6 is 15.9 Å². The molecule has 0 aliphatic rings. The van der Waals surface area contributed by atoms with E-state index in [1.165, 1.54) is 12.5 Å². The van der Waals surface area contributed by atoms with Gasteiger partial charge in [-0.3, -0.25) is 0 Å². The van der Waals surface area contributed by atoms with Crippen LogP contribution in [0.25, 0.3) is 0 Å². The SMILES string of the molecule is CC(NCCCCN(C)C)c1ccc(F)c(Br)c1. The van der Waals surface area contributed by atoms with E-state index in [-0.39, 0.29) is 11.9 Å². The van der Waals surface area contributed by atoms with E-state index in [9.17, 15) is 4.39 Å². The highest BCUT2D eigenvalue weighted by Crippen LogP contribution is 2.21. The van der Waals surface area contributed by atoms with Crippen LogP contribution < -0.4 is 5.32 Å². The molecule has 0 fully saturated rings. The minimum absolute atomic E-state index is 0.211. The van der Waals surface area contributed by atoms with Gasteiger partial charge in [-0.2, -0.15) is 0 Å². The van der Waals surface area contributed by atoms with Crippen molar-refractivity contribution in [3.8, 4) is 0 Å². The molecule has 1 rings (SSSR count). The quantitative estimate of drug-likeness (QED) is 0.773. The van der Waals surface area contributed by atoms with E-state index in [0.717, 1.165) is 25.1 Å². The molecule has 0 bridgehead atoms. The third-order valence-corrected chi connectivity index (χ3v) is 3.53. The summed E-state index contributed by atoms with van der Waals surface area (Å²) in [7, 11) is 4.18. The number of halogens is 2. The van der Waals surface area contributed by atoms with Gasteiger partial charge in [-0.25, -0.2) is 4.39 Å². The fourth-order valence-electron chi connectivity index (χ4n) is 1.77. The molecule has 0 amide bonds. The van der Waals surface area contributed by atoms with Crippen LogP contribution in [0.2, 0.25) is 0 Å². The zero-order valence-electron chi connectivity index (χ0n) is 11.3. The summed E-state index contributed by atoms with van der Waals surface area (Å²) in [6.45, 7) is 4.22. The molecule has 0 aliphatic carbocycles. The number of benzene rings is 1. The van der Waals surface area contributed by atoms with E-state index in [1.807, 2.05) is 12.1 Å². The number of unbranched alkanes of at least 4 members (excludes halogenated alkanes) is 1. The molecular formula is C14H22BrFN2. The van der Waals surface area contributed by atoms with E-state index >= 15 is 0 Å². The molecule has 0 radical (unpaired) electrons. The van der Waals surface area contributed by atoms with E-state index in [2.05, 4.69) is 47.2 Å². The van der Waals surface area contributed by atoms with Crippen LogP contribution in [0, 0.1) is 5.82 Å². The molecule has 0 spiro atoms.